The van der Waals surface area contributed by atoms with Gasteiger partial charge in [-0.1, -0.05) is 23.7 Å². The number of carbonyl (C=O) groups is 1. The maximum Gasteiger partial charge on any atom is 0.194 e. The normalized spacial score (nSPS) is 10.9. The smallest absolute Gasteiger partial charge is 0.194 e. The van der Waals surface area contributed by atoms with Gasteiger partial charge in [0.05, 0.1) is 28.4 Å². The number of methoxy groups -OCH3 is 4. The molecule has 0 saturated carbocycles. The third-order valence-electron chi connectivity index (χ3n) is 11.1. The molecule has 0 radical (unpaired) electrons. The Bertz CT molecular complexity index is 2780. The van der Waals surface area contributed by atoms with Gasteiger partial charge in [-0.25, -0.2) is 0 Å². The highest BCUT2D eigenvalue weighted by atomic mass is 16.5. The largest absolute Gasteiger partial charge is 0.497 e. The molecule has 0 atom stereocenters. The Hall–Kier alpha value is -8.65. The zero-order chi connectivity index (χ0) is 44.0. The number of nitrogens with zero attached hydrogens (tertiary/aromatic N) is 2. The van der Waals surface area contributed by atoms with Crippen LogP contribution < -0.4 is 28.7 Å². The second kappa shape index (κ2) is 18.1. The van der Waals surface area contributed by atoms with Crippen LogP contribution in [0.2, 0.25) is 0 Å². The molecule has 0 fully saturated rings. The highest BCUT2D eigenvalue weighted by molar-refractivity contribution is 6.22. The van der Waals surface area contributed by atoms with Gasteiger partial charge in [-0.2, -0.15) is 0 Å². The van der Waals surface area contributed by atoms with E-state index in [2.05, 4.69) is 57.7 Å². The number of fused-ring (bicyclic) bond motifs is 3. The lowest BCUT2D eigenvalue weighted by Gasteiger charge is -2.25. The second-order valence-electron chi connectivity index (χ2n) is 14.9. The fourth-order valence-corrected chi connectivity index (χ4v) is 7.73. The van der Waals surface area contributed by atoms with E-state index in [1.54, 1.807) is 28.4 Å². The lowest BCUT2D eigenvalue weighted by Crippen LogP contribution is -2.09. The Morgan fingerprint density at radius 3 is 0.797 bits per heavy atom. The molecule has 0 aromatic heterocycles. The van der Waals surface area contributed by atoms with Crippen molar-refractivity contribution in [1.29, 1.82) is 0 Å². The van der Waals surface area contributed by atoms with Crippen LogP contribution in [-0.2, 0) is 0 Å². The van der Waals surface area contributed by atoms with Gasteiger partial charge in [0, 0.05) is 67.5 Å². The standard InChI is InChI=1S/C57H42N2O5/c1-61-49-27-19-45(20-28-49)58(46-21-29-50(62-2)30-22-46)43-15-9-39(10-16-43)5-7-41-13-35-53-55(37-41)56-38-42(14-36-54(56)57(53)60)8-6-40-11-17-44(18-12-40)59(47-23-31-51(63-3)32-24-47)48-25-33-52(64-4)34-26-48/h9-38H,1-4H3. The Morgan fingerprint density at radius 1 is 0.297 bits per heavy atom. The third kappa shape index (κ3) is 8.47. The van der Waals surface area contributed by atoms with Gasteiger partial charge in [0.2, 0.25) is 0 Å². The van der Waals surface area contributed by atoms with Crippen molar-refractivity contribution >= 4 is 39.9 Å². The molecule has 0 bridgehead atoms. The van der Waals surface area contributed by atoms with Crippen LogP contribution in [-0.4, -0.2) is 34.2 Å². The maximum absolute atomic E-state index is 13.5. The molecule has 310 valence electrons. The van der Waals surface area contributed by atoms with Crippen LogP contribution in [0.1, 0.15) is 38.2 Å². The van der Waals surface area contributed by atoms with E-state index in [-0.39, 0.29) is 5.78 Å². The predicted molar refractivity (Wildman–Crippen MR) is 256 cm³/mol. The van der Waals surface area contributed by atoms with Gasteiger partial charge in [0.1, 0.15) is 23.0 Å². The Morgan fingerprint density at radius 2 is 0.531 bits per heavy atom. The van der Waals surface area contributed by atoms with Crippen molar-refractivity contribution < 1.29 is 23.7 Å². The fraction of sp³-hybridized carbons (Fsp3) is 0.0702. The van der Waals surface area contributed by atoms with E-state index in [1.807, 2.05) is 158 Å². The van der Waals surface area contributed by atoms with E-state index in [0.29, 0.717) is 11.1 Å². The van der Waals surface area contributed by atoms with Crippen molar-refractivity contribution in [3.63, 3.8) is 0 Å². The Balaban J connectivity index is 0.945. The molecule has 9 rings (SSSR count). The van der Waals surface area contributed by atoms with Gasteiger partial charge in [0.15, 0.2) is 5.78 Å². The molecule has 0 unspecified atom stereocenters. The number of ketones is 1. The Kier molecular flexibility index (Phi) is 11.5. The topological polar surface area (TPSA) is 60.5 Å². The molecule has 64 heavy (non-hydrogen) atoms. The minimum atomic E-state index is 0.00624. The molecule has 0 aliphatic heterocycles. The minimum Gasteiger partial charge on any atom is -0.497 e. The first kappa shape index (κ1) is 40.7. The molecule has 0 saturated heterocycles. The summed E-state index contributed by atoms with van der Waals surface area (Å²) >= 11 is 0. The molecule has 7 heteroatoms. The number of benzene rings is 8. The number of ether oxygens (including phenoxy) is 4. The van der Waals surface area contributed by atoms with Crippen LogP contribution in [0.25, 0.3) is 11.1 Å². The van der Waals surface area contributed by atoms with Crippen molar-refractivity contribution in [2.75, 3.05) is 38.2 Å². The van der Waals surface area contributed by atoms with E-state index in [1.165, 1.54) is 0 Å². The van der Waals surface area contributed by atoms with Gasteiger partial charge in [-0.15, -0.1) is 0 Å². The fourth-order valence-electron chi connectivity index (χ4n) is 7.73. The van der Waals surface area contributed by atoms with Crippen LogP contribution in [0.3, 0.4) is 0 Å². The van der Waals surface area contributed by atoms with Crippen molar-refractivity contribution in [3.05, 3.63) is 215 Å². The van der Waals surface area contributed by atoms with Gasteiger partial charge < -0.3 is 28.7 Å². The molecule has 0 N–H and O–H groups in total. The molecule has 8 aromatic carbocycles. The van der Waals surface area contributed by atoms with Gasteiger partial charge in [-0.3, -0.25) is 4.79 Å². The molecule has 7 nitrogen and oxygen atoms in total. The van der Waals surface area contributed by atoms with Crippen molar-refractivity contribution in [2.45, 2.75) is 0 Å². The molecule has 0 heterocycles. The highest BCUT2D eigenvalue weighted by Gasteiger charge is 2.27. The number of rotatable bonds is 10. The summed E-state index contributed by atoms with van der Waals surface area (Å²) in [5, 5.41) is 0. The molecule has 1 aliphatic carbocycles. The zero-order valence-corrected chi connectivity index (χ0v) is 35.8. The SMILES string of the molecule is COc1ccc(N(c2ccc(C#Cc3ccc4c(c3)-c3cc(C#Cc5ccc(N(c6ccc(OC)cc6)c6ccc(OC)cc6)cc5)ccc3C4=O)cc2)c2ccc(OC)cc2)cc1. The monoisotopic (exact) mass is 834 g/mol. The average Bonchev–Trinajstić information content (AvgIpc) is 3.63. The van der Waals surface area contributed by atoms with E-state index in [0.717, 1.165) is 90.5 Å². The van der Waals surface area contributed by atoms with Gasteiger partial charge in [-0.05, 0) is 193 Å². The molecular formula is C57H42N2O5. The lowest BCUT2D eigenvalue weighted by molar-refractivity contribution is 0.104. The summed E-state index contributed by atoms with van der Waals surface area (Å²) in [5.41, 5.74) is 12.3. The maximum atomic E-state index is 13.5. The molecule has 0 spiro atoms. The second-order valence-corrected chi connectivity index (χ2v) is 14.9. The van der Waals surface area contributed by atoms with E-state index >= 15 is 0 Å². The number of anilines is 6. The van der Waals surface area contributed by atoms with Crippen molar-refractivity contribution in [3.8, 4) is 57.8 Å². The third-order valence-corrected chi connectivity index (χ3v) is 11.1. The predicted octanol–water partition coefficient (Wildman–Crippen LogP) is 12.7. The summed E-state index contributed by atoms with van der Waals surface area (Å²) in [6.45, 7) is 0. The van der Waals surface area contributed by atoms with E-state index < -0.39 is 0 Å². The zero-order valence-electron chi connectivity index (χ0n) is 35.8. The van der Waals surface area contributed by atoms with Crippen LogP contribution in [0.4, 0.5) is 34.1 Å². The quantitative estimate of drug-likeness (QED) is 0.127. The molecular weight excluding hydrogens is 793 g/mol. The molecule has 0 amide bonds. The summed E-state index contributed by atoms with van der Waals surface area (Å²) in [4.78, 5) is 17.8. The Labute approximate surface area is 373 Å². The number of carbonyl (C=O) groups excluding carboxylic acids is 1. The van der Waals surface area contributed by atoms with Gasteiger partial charge in [0.25, 0.3) is 0 Å². The molecule has 1 aliphatic rings. The highest BCUT2D eigenvalue weighted by Crippen LogP contribution is 2.40. The summed E-state index contributed by atoms with van der Waals surface area (Å²) < 4.78 is 21.6. The van der Waals surface area contributed by atoms with Crippen molar-refractivity contribution in [2.24, 2.45) is 0 Å². The first-order valence-electron chi connectivity index (χ1n) is 20.6. The van der Waals surface area contributed by atoms with Crippen LogP contribution >= 0.6 is 0 Å². The number of hydrogen-bond donors (Lipinski definition) is 0. The van der Waals surface area contributed by atoms with E-state index in [9.17, 15) is 4.79 Å². The van der Waals surface area contributed by atoms with Crippen LogP contribution in [0, 0.1) is 23.7 Å². The molecule has 8 aromatic rings. The average molecular weight is 835 g/mol. The van der Waals surface area contributed by atoms with Crippen LogP contribution in [0.15, 0.2) is 182 Å². The summed E-state index contributed by atoms with van der Waals surface area (Å²) in [6.07, 6.45) is 0. The number of hydrogen-bond acceptors (Lipinski definition) is 7. The van der Waals surface area contributed by atoms with E-state index in [4.69, 9.17) is 18.9 Å². The summed E-state index contributed by atoms with van der Waals surface area (Å²) in [5.74, 6) is 16.5. The lowest BCUT2D eigenvalue weighted by atomic mass is 10.0. The summed E-state index contributed by atoms with van der Waals surface area (Å²) in [6, 6.07) is 59.8. The van der Waals surface area contributed by atoms with Gasteiger partial charge >= 0.3 is 0 Å². The van der Waals surface area contributed by atoms with Crippen LogP contribution in [0.5, 0.6) is 23.0 Å². The minimum absolute atomic E-state index is 0.00624. The first-order valence-corrected chi connectivity index (χ1v) is 20.6. The summed E-state index contributed by atoms with van der Waals surface area (Å²) in [7, 11) is 6.65. The first-order chi connectivity index (χ1) is 31.4. The van der Waals surface area contributed by atoms with Crippen molar-refractivity contribution in [1.82, 2.24) is 0 Å².